The SMILES string of the molecule is CC(=O)O[C@@H]1CSc2ccccc2N(CCN(C)C)C1=O. The number of hydrogen-bond acceptors (Lipinski definition) is 5. The molecule has 2 rings (SSSR count). The number of likely N-dealkylation sites (N-methyl/N-ethyl adjacent to an activating group) is 1. The van der Waals surface area contributed by atoms with Crippen LogP contribution in [0.15, 0.2) is 29.2 Å². The van der Waals surface area contributed by atoms with Gasteiger partial charge in [0.15, 0.2) is 6.10 Å². The molecule has 0 fully saturated rings. The van der Waals surface area contributed by atoms with Gasteiger partial charge in [0.2, 0.25) is 0 Å². The number of amides is 1. The van der Waals surface area contributed by atoms with Crippen LogP contribution < -0.4 is 4.90 Å². The van der Waals surface area contributed by atoms with Gasteiger partial charge in [-0.25, -0.2) is 0 Å². The number of hydrogen-bond donors (Lipinski definition) is 0. The molecule has 1 amide bonds. The van der Waals surface area contributed by atoms with Gasteiger partial charge in [-0.3, -0.25) is 9.59 Å². The first kappa shape index (κ1) is 15.9. The summed E-state index contributed by atoms with van der Waals surface area (Å²) in [6.07, 6.45) is -0.720. The Kier molecular flexibility index (Phi) is 5.25. The number of benzene rings is 1. The molecule has 0 saturated carbocycles. The van der Waals surface area contributed by atoms with Crippen LogP contribution in [0.25, 0.3) is 0 Å². The zero-order chi connectivity index (χ0) is 15.4. The van der Waals surface area contributed by atoms with Crippen LogP contribution in [0, 0.1) is 0 Å². The number of anilines is 1. The first-order chi connectivity index (χ1) is 9.99. The second-order valence-corrected chi connectivity index (χ2v) is 6.23. The average molecular weight is 308 g/mol. The number of carbonyl (C=O) groups is 2. The standard InChI is InChI=1S/C15H20N2O3S/c1-11(18)20-13-10-21-14-7-5-4-6-12(14)17(15(13)19)9-8-16(2)3/h4-7,13H,8-10H2,1-3H3/t13-/m1/s1. The first-order valence-corrected chi connectivity index (χ1v) is 7.82. The molecule has 0 bridgehead atoms. The predicted molar refractivity (Wildman–Crippen MR) is 83.6 cm³/mol. The minimum Gasteiger partial charge on any atom is -0.452 e. The number of nitrogens with zero attached hydrogens (tertiary/aromatic N) is 2. The average Bonchev–Trinajstić information content (AvgIpc) is 2.55. The molecule has 21 heavy (non-hydrogen) atoms. The molecule has 5 nitrogen and oxygen atoms in total. The summed E-state index contributed by atoms with van der Waals surface area (Å²) in [6, 6.07) is 7.80. The van der Waals surface area contributed by atoms with Crippen molar-refractivity contribution in [1.29, 1.82) is 0 Å². The van der Waals surface area contributed by atoms with Crippen LogP contribution in [-0.4, -0.2) is 55.8 Å². The van der Waals surface area contributed by atoms with E-state index in [1.165, 1.54) is 6.92 Å². The zero-order valence-corrected chi connectivity index (χ0v) is 13.4. The van der Waals surface area contributed by atoms with Gasteiger partial charge in [0, 0.05) is 30.7 Å². The molecule has 0 unspecified atom stereocenters. The molecule has 6 heteroatoms. The molecule has 0 N–H and O–H groups in total. The lowest BCUT2D eigenvalue weighted by atomic mass is 10.2. The fraction of sp³-hybridized carbons (Fsp3) is 0.467. The zero-order valence-electron chi connectivity index (χ0n) is 12.5. The van der Waals surface area contributed by atoms with E-state index in [1.807, 2.05) is 43.3 Å². The molecule has 114 valence electrons. The molecule has 1 aliphatic rings. The maximum atomic E-state index is 12.7. The van der Waals surface area contributed by atoms with Crippen molar-refractivity contribution < 1.29 is 14.3 Å². The molecule has 1 aliphatic heterocycles. The fourth-order valence-electron chi connectivity index (χ4n) is 2.15. The Balaban J connectivity index is 2.29. The van der Waals surface area contributed by atoms with Crippen LogP contribution in [0.3, 0.4) is 0 Å². The molecular formula is C15H20N2O3S. The number of para-hydroxylation sites is 1. The van der Waals surface area contributed by atoms with Crippen LogP contribution in [0.5, 0.6) is 0 Å². The van der Waals surface area contributed by atoms with E-state index in [0.717, 1.165) is 17.1 Å². The van der Waals surface area contributed by atoms with E-state index >= 15 is 0 Å². The van der Waals surface area contributed by atoms with Crippen molar-refractivity contribution in [1.82, 2.24) is 4.90 Å². The Hall–Kier alpha value is -1.53. The molecular weight excluding hydrogens is 288 g/mol. The van der Waals surface area contributed by atoms with Crippen LogP contribution in [0.1, 0.15) is 6.92 Å². The molecule has 1 atom stereocenters. The van der Waals surface area contributed by atoms with Gasteiger partial charge in [0.1, 0.15) is 0 Å². The van der Waals surface area contributed by atoms with Crippen molar-refractivity contribution in [2.24, 2.45) is 0 Å². The van der Waals surface area contributed by atoms with E-state index in [1.54, 1.807) is 16.7 Å². The molecule has 0 radical (unpaired) electrons. The van der Waals surface area contributed by atoms with E-state index in [2.05, 4.69) is 0 Å². The molecule has 0 aromatic heterocycles. The van der Waals surface area contributed by atoms with Gasteiger partial charge in [-0.15, -0.1) is 11.8 Å². The van der Waals surface area contributed by atoms with E-state index < -0.39 is 12.1 Å². The maximum absolute atomic E-state index is 12.7. The van der Waals surface area contributed by atoms with Crippen LogP contribution in [0.2, 0.25) is 0 Å². The van der Waals surface area contributed by atoms with Crippen molar-refractivity contribution in [3.8, 4) is 0 Å². The number of carbonyl (C=O) groups excluding carboxylic acids is 2. The Bertz CT molecular complexity index is 533. The monoisotopic (exact) mass is 308 g/mol. The lowest BCUT2D eigenvalue weighted by Gasteiger charge is -2.26. The number of fused-ring (bicyclic) bond motifs is 1. The highest BCUT2D eigenvalue weighted by atomic mass is 32.2. The van der Waals surface area contributed by atoms with E-state index in [-0.39, 0.29) is 5.91 Å². The normalized spacial score (nSPS) is 18.4. The lowest BCUT2D eigenvalue weighted by Crippen LogP contribution is -2.44. The van der Waals surface area contributed by atoms with Gasteiger partial charge in [-0.2, -0.15) is 0 Å². The highest BCUT2D eigenvalue weighted by Crippen LogP contribution is 2.34. The summed E-state index contributed by atoms with van der Waals surface area (Å²) in [7, 11) is 3.93. The van der Waals surface area contributed by atoms with Crippen molar-refractivity contribution in [2.45, 2.75) is 17.9 Å². The minimum absolute atomic E-state index is 0.149. The highest BCUT2D eigenvalue weighted by Gasteiger charge is 2.32. The Labute approximate surface area is 129 Å². The topological polar surface area (TPSA) is 49.9 Å². The van der Waals surface area contributed by atoms with Crippen molar-refractivity contribution in [2.75, 3.05) is 37.8 Å². The summed E-state index contributed by atoms with van der Waals surface area (Å²) in [6.45, 7) is 2.65. The quantitative estimate of drug-likeness (QED) is 0.791. The van der Waals surface area contributed by atoms with Gasteiger partial charge in [0.25, 0.3) is 5.91 Å². The van der Waals surface area contributed by atoms with E-state index in [4.69, 9.17) is 4.74 Å². The lowest BCUT2D eigenvalue weighted by molar-refractivity contribution is -0.151. The Morgan fingerprint density at radius 1 is 1.43 bits per heavy atom. The third-order valence-electron chi connectivity index (χ3n) is 3.17. The second kappa shape index (κ2) is 6.95. The molecule has 0 spiro atoms. The van der Waals surface area contributed by atoms with Gasteiger partial charge in [0.05, 0.1) is 5.69 Å². The summed E-state index contributed by atoms with van der Waals surface area (Å²) in [4.78, 5) is 28.7. The number of rotatable bonds is 4. The summed E-state index contributed by atoms with van der Waals surface area (Å²) in [5.74, 6) is -0.120. The second-order valence-electron chi connectivity index (χ2n) is 5.17. The Morgan fingerprint density at radius 2 is 2.14 bits per heavy atom. The van der Waals surface area contributed by atoms with Crippen molar-refractivity contribution in [3.05, 3.63) is 24.3 Å². The first-order valence-electron chi connectivity index (χ1n) is 6.84. The van der Waals surface area contributed by atoms with Gasteiger partial charge < -0.3 is 14.5 Å². The minimum atomic E-state index is -0.720. The molecule has 1 heterocycles. The van der Waals surface area contributed by atoms with Crippen LogP contribution in [-0.2, 0) is 14.3 Å². The van der Waals surface area contributed by atoms with Crippen molar-refractivity contribution >= 4 is 29.3 Å². The molecule has 0 aliphatic carbocycles. The number of thioether (sulfide) groups is 1. The van der Waals surface area contributed by atoms with Crippen molar-refractivity contribution in [3.63, 3.8) is 0 Å². The predicted octanol–water partition coefficient (Wildman–Crippen LogP) is 1.62. The Morgan fingerprint density at radius 3 is 2.81 bits per heavy atom. The number of esters is 1. The van der Waals surface area contributed by atoms with E-state index in [9.17, 15) is 9.59 Å². The van der Waals surface area contributed by atoms with Crippen LogP contribution >= 0.6 is 11.8 Å². The summed E-state index contributed by atoms with van der Waals surface area (Å²) < 4.78 is 5.19. The largest absolute Gasteiger partial charge is 0.452 e. The summed E-state index contributed by atoms with van der Waals surface area (Å²) in [5.41, 5.74) is 0.893. The molecule has 0 saturated heterocycles. The fourth-order valence-corrected chi connectivity index (χ4v) is 3.19. The maximum Gasteiger partial charge on any atom is 0.303 e. The molecule has 1 aromatic rings. The van der Waals surface area contributed by atoms with Gasteiger partial charge in [-0.1, -0.05) is 12.1 Å². The smallest absolute Gasteiger partial charge is 0.303 e. The summed E-state index contributed by atoms with van der Waals surface area (Å²) >= 11 is 1.55. The van der Waals surface area contributed by atoms with Gasteiger partial charge in [-0.05, 0) is 26.2 Å². The van der Waals surface area contributed by atoms with Gasteiger partial charge >= 0.3 is 5.97 Å². The van der Waals surface area contributed by atoms with Crippen LogP contribution in [0.4, 0.5) is 5.69 Å². The third-order valence-corrected chi connectivity index (χ3v) is 4.29. The molecule has 1 aromatic carbocycles. The number of ether oxygens (including phenoxy) is 1. The highest BCUT2D eigenvalue weighted by molar-refractivity contribution is 7.99. The summed E-state index contributed by atoms with van der Waals surface area (Å²) in [5, 5.41) is 0. The third kappa shape index (κ3) is 3.98. The van der Waals surface area contributed by atoms with E-state index in [0.29, 0.717) is 12.3 Å².